The van der Waals surface area contributed by atoms with Gasteiger partial charge < -0.3 is 14.8 Å². The van der Waals surface area contributed by atoms with Gasteiger partial charge in [0.2, 0.25) is 0 Å². The number of aliphatic hydroxyl groups is 1. The fraction of sp³-hybridized carbons (Fsp3) is 0.905. The molecule has 0 aromatic heterocycles. The molecule has 1 N–H and O–H groups in total. The van der Waals surface area contributed by atoms with E-state index >= 15 is 0 Å². The van der Waals surface area contributed by atoms with E-state index in [9.17, 15) is 5.11 Å². The highest BCUT2D eigenvalue weighted by atomic mass is 16.6. The maximum absolute atomic E-state index is 10.6. The van der Waals surface area contributed by atoms with Gasteiger partial charge in [-0.05, 0) is 80.0 Å². The van der Waals surface area contributed by atoms with Crippen molar-refractivity contribution in [2.24, 2.45) is 44.8 Å². The fourth-order valence-electron chi connectivity index (χ4n) is 7.28. The third kappa shape index (κ3) is 2.53. The Kier molecular flexibility index (Phi) is 4.57. The van der Waals surface area contributed by atoms with Crippen LogP contribution in [0.15, 0.2) is 10.3 Å². The first-order chi connectivity index (χ1) is 12.4. The molecular formula is C21H34N2O3. The van der Waals surface area contributed by atoms with Crippen LogP contribution in [0.5, 0.6) is 0 Å². The number of rotatable bonds is 2. The third-order valence-corrected chi connectivity index (χ3v) is 8.70. The van der Waals surface area contributed by atoms with Crippen molar-refractivity contribution >= 4 is 11.4 Å². The second-order valence-corrected chi connectivity index (χ2v) is 9.59. The van der Waals surface area contributed by atoms with Crippen LogP contribution in [-0.2, 0) is 9.68 Å². The highest BCUT2D eigenvalue weighted by molar-refractivity contribution is 5.95. The van der Waals surface area contributed by atoms with Gasteiger partial charge in [-0.1, -0.05) is 24.2 Å². The molecule has 146 valence electrons. The quantitative estimate of drug-likeness (QED) is 0.755. The highest BCUT2D eigenvalue weighted by Gasteiger charge is 2.61. The van der Waals surface area contributed by atoms with Crippen LogP contribution in [0, 0.1) is 34.5 Å². The zero-order valence-corrected chi connectivity index (χ0v) is 16.7. The van der Waals surface area contributed by atoms with E-state index in [4.69, 9.17) is 9.68 Å². The standard InChI is InChI=1S/C21H34N2O3/c1-20-9-7-13(22-25-3)11-17(20)18(23-26-4)12-14-15-5-6-19(24)21(15,2)10-8-16(14)20/h14-17,19,24H,5-12H2,1-4H3/b22-13+,23-18+/t14-,15-,16-,17+,19-,20+,21-/m0/s1. The summed E-state index contributed by atoms with van der Waals surface area (Å²) < 4.78 is 0. The smallest absolute Gasteiger partial charge is 0.106 e. The van der Waals surface area contributed by atoms with E-state index < -0.39 is 0 Å². The first-order valence-electron chi connectivity index (χ1n) is 10.3. The molecule has 4 rings (SSSR count). The van der Waals surface area contributed by atoms with Crippen molar-refractivity contribution in [3.05, 3.63) is 0 Å². The molecule has 0 aromatic carbocycles. The number of aliphatic hydroxyl groups excluding tert-OH is 1. The summed E-state index contributed by atoms with van der Waals surface area (Å²) in [5.41, 5.74) is 2.72. The van der Waals surface area contributed by atoms with Gasteiger partial charge in [-0.25, -0.2) is 0 Å². The predicted octanol–water partition coefficient (Wildman–Crippen LogP) is 4.00. The molecule has 4 saturated carbocycles. The van der Waals surface area contributed by atoms with Crippen molar-refractivity contribution in [2.75, 3.05) is 14.2 Å². The first kappa shape index (κ1) is 18.3. The SMILES string of the molecule is CO/N=C1\CC[C@@]2(C)[C@H](C1)/C(=N/OC)C[C@@H]1[C@@H]2CC[C@]2(C)[C@@H](O)CC[C@@H]12. The summed E-state index contributed by atoms with van der Waals surface area (Å²) in [5.74, 6) is 2.37. The maximum Gasteiger partial charge on any atom is 0.106 e. The van der Waals surface area contributed by atoms with Gasteiger partial charge in [0.15, 0.2) is 0 Å². The molecule has 0 aromatic rings. The fourth-order valence-corrected chi connectivity index (χ4v) is 7.28. The van der Waals surface area contributed by atoms with Crippen LogP contribution in [0.3, 0.4) is 0 Å². The zero-order valence-electron chi connectivity index (χ0n) is 16.7. The lowest BCUT2D eigenvalue weighted by Crippen LogP contribution is -2.57. The van der Waals surface area contributed by atoms with Crippen LogP contribution >= 0.6 is 0 Å². The monoisotopic (exact) mass is 362 g/mol. The van der Waals surface area contributed by atoms with Crippen LogP contribution in [0.25, 0.3) is 0 Å². The molecule has 4 aliphatic rings. The van der Waals surface area contributed by atoms with E-state index in [-0.39, 0.29) is 16.9 Å². The van der Waals surface area contributed by atoms with Crippen LogP contribution in [0.2, 0.25) is 0 Å². The molecule has 0 aliphatic heterocycles. The average molecular weight is 363 g/mol. The minimum absolute atomic E-state index is 0.0971. The van der Waals surface area contributed by atoms with Crippen molar-refractivity contribution in [2.45, 2.75) is 71.3 Å². The van der Waals surface area contributed by atoms with Gasteiger partial charge in [0.1, 0.15) is 14.2 Å². The van der Waals surface area contributed by atoms with Gasteiger partial charge in [0.25, 0.3) is 0 Å². The lowest BCUT2D eigenvalue weighted by Gasteiger charge is -2.60. The largest absolute Gasteiger partial charge is 0.399 e. The van der Waals surface area contributed by atoms with Crippen molar-refractivity contribution in [1.29, 1.82) is 0 Å². The molecule has 7 atom stereocenters. The normalized spacial score (nSPS) is 50.9. The molecule has 26 heavy (non-hydrogen) atoms. The number of hydrogen-bond acceptors (Lipinski definition) is 5. The zero-order chi connectivity index (χ0) is 18.5. The van der Waals surface area contributed by atoms with Gasteiger partial charge in [-0.15, -0.1) is 0 Å². The predicted molar refractivity (Wildman–Crippen MR) is 102 cm³/mol. The summed E-state index contributed by atoms with van der Waals surface area (Å²) in [5, 5.41) is 19.4. The minimum Gasteiger partial charge on any atom is -0.399 e. The van der Waals surface area contributed by atoms with E-state index in [1.807, 2.05) is 0 Å². The molecule has 5 heteroatoms. The molecule has 0 spiro atoms. The van der Waals surface area contributed by atoms with Gasteiger partial charge in [0.05, 0.1) is 17.5 Å². The van der Waals surface area contributed by atoms with Gasteiger partial charge in [0, 0.05) is 5.92 Å². The van der Waals surface area contributed by atoms with Gasteiger partial charge in [-0.3, -0.25) is 0 Å². The second-order valence-electron chi connectivity index (χ2n) is 9.59. The highest BCUT2D eigenvalue weighted by Crippen LogP contribution is 2.65. The summed E-state index contributed by atoms with van der Waals surface area (Å²) in [7, 11) is 3.29. The van der Waals surface area contributed by atoms with Gasteiger partial charge >= 0.3 is 0 Å². The Morgan fingerprint density at radius 1 is 0.923 bits per heavy atom. The number of oxime groups is 2. The van der Waals surface area contributed by atoms with Gasteiger partial charge in [-0.2, -0.15) is 0 Å². The molecule has 4 fully saturated rings. The molecule has 0 saturated heterocycles. The van der Waals surface area contributed by atoms with Crippen LogP contribution in [0.1, 0.15) is 65.2 Å². The first-order valence-corrected chi connectivity index (χ1v) is 10.3. The summed E-state index contributed by atoms with van der Waals surface area (Å²) in [6, 6.07) is 0. The summed E-state index contributed by atoms with van der Waals surface area (Å²) in [6.07, 6.45) is 8.53. The summed E-state index contributed by atoms with van der Waals surface area (Å²) in [4.78, 5) is 10.3. The number of fused-ring (bicyclic) bond motifs is 5. The Balaban J connectivity index is 1.69. The molecule has 0 radical (unpaired) electrons. The molecule has 0 unspecified atom stereocenters. The Labute approximate surface area is 157 Å². The van der Waals surface area contributed by atoms with E-state index in [0.717, 1.165) is 56.6 Å². The maximum atomic E-state index is 10.6. The third-order valence-electron chi connectivity index (χ3n) is 8.70. The summed E-state index contributed by atoms with van der Waals surface area (Å²) in [6.45, 7) is 4.81. The Morgan fingerprint density at radius 3 is 2.38 bits per heavy atom. The lowest BCUT2D eigenvalue weighted by molar-refractivity contribution is -0.0850. The Hall–Kier alpha value is -1.10. The lowest BCUT2D eigenvalue weighted by atomic mass is 9.44. The summed E-state index contributed by atoms with van der Waals surface area (Å²) >= 11 is 0. The molecule has 0 bridgehead atoms. The van der Waals surface area contributed by atoms with E-state index in [1.54, 1.807) is 14.2 Å². The Morgan fingerprint density at radius 2 is 1.65 bits per heavy atom. The topological polar surface area (TPSA) is 63.4 Å². The van der Waals surface area contributed by atoms with Crippen molar-refractivity contribution in [3.63, 3.8) is 0 Å². The van der Waals surface area contributed by atoms with Crippen LogP contribution in [0.4, 0.5) is 0 Å². The van der Waals surface area contributed by atoms with Crippen molar-refractivity contribution in [1.82, 2.24) is 0 Å². The Bertz CT molecular complexity index is 618. The molecule has 0 amide bonds. The minimum atomic E-state index is -0.131. The molecule has 0 heterocycles. The van der Waals surface area contributed by atoms with Crippen LogP contribution in [-0.4, -0.2) is 36.9 Å². The van der Waals surface area contributed by atoms with E-state index in [2.05, 4.69) is 24.2 Å². The molecule has 5 nitrogen and oxygen atoms in total. The van der Waals surface area contributed by atoms with E-state index in [1.165, 1.54) is 12.1 Å². The van der Waals surface area contributed by atoms with Crippen molar-refractivity contribution < 1.29 is 14.8 Å². The second kappa shape index (κ2) is 6.50. The molecule has 4 aliphatic carbocycles. The number of hydrogen-bond donors (Lipinski definition) is 1. The van der Waals surface area contributed by atoms with Crippen molar-refractivity contribution in [3.8, 4) is 0 Å². The van der Waals surface area contributed by atoms with E-state index in [0.29, 0.717) is 17.8 Å². The number of nitrogens with zero attached hydrogens (tertiary/aromatic N) is 2. The molecular weight excluding hydrogens is 328 g/mol. The average Bonchev–Trinajstić information content (AvgIpc) is 2.92. The van der Waals surface area contributed by atoms with Crippen LogP contribution < -0.4 is 0 Å².